The minimum atomic E-state index is -1.08. The van der Waals surface area contributed by atoms with Gasteiger partial charge in [-0.05, 0) is 104 Å². The van der Waals surface area contributed by atoms with Crippen LogP contribution in [0, 0.1) is 0 Å². The van der Waals surface area contributed by atoms with Crippen LogP contribution in [0.4, 0.5) is 0 Å². The van der Waals surface area contributed by atoms with Gasteiger partial charge in [0.15, 0.2) is 0 Å². The maximum atomic E-state index is 10.8. The monoisotopic (exact) mass is 693 g/mol. The van der Waals surface area contributed by atoms with Crippen LogP contribution in [0.15, 0.2) is 94.9 Å². The van der Waals surface area contributed by atoms with Crippen LogP contribution >= 0.6 is 0 Å². The molecule has 8 nitrogen and oxygen atoms in total. The number of aliphatic carboxylic acids is 2. The molecular formula is C39H42CoN2O6. The number of rotatable bonds is 8. The summed E-state index contributed by atoms with van der Waals surface area (Å²) in [4.78, 5) is 27.5. The summed E-state index contributed by atoms with van der Waals surface area (Å²) in [6.07, 6.45) is 7.94. The van der Waals surface area contributed by atoms with E-state index in [9.17, 15) is 10.2 Å². The van der Waals surface area contributed by atoms with Crippen LogP contribution in [0.5, 0.6) is 11.5 Å². The number of aliphatic imine (C=N–C) groups is 2. The molecule has 5 rings (SSSR count). The van der Waals surface area contributed by atoms with Crippen LogP contribution in [-0.4, -0.2) is 46.7 Å². The first-order chi connectivity index (χ1) is 22.5. The Bertz CT molecular complexity index is 1560. The Hall–Kier alpha value is -4.73. The molecule has 2 N–H and O–H groups in total. The van der Waals surface area contributed by atoms with Crippen LogP contribution in [-0.2, 0) is 39.2 Å². The number of phenols is 2. The molecule has 1 saturated carbocycles. The van der Waals surface area contributed by atoms with Crippen molar-refractivity contribution in [1.82, 2.24) is 0 Å². The van der Waals surface area contributed by atoms with E-state index < -0.39 is 11.9 Å². The quantitative estimate of drug-likeness (QED) is 0.233. The number of benzene rings is 4. The van der Waals surface area contributed by atoms with Gasteiger partial charge in [0.25, 0.3) is 0 Å². The fraction of sp³-hybridized carbons (Fsp3) is 0.282. The fourth-order valence-electron chi connectivity index (χ4n) is 5.35. The minimum absolute atomic E-state index is 0. The summed E-state index contributed by atoms with van der Waals surface area (Å²) in [6, 6.07) is 29.0. The predicted octanol–water partition coefficient (Wildman–Crippen LogP) is 5.53. The minimum Gasteiger partial charge on any atom is -0.550 e. The molecule has 253 valence electrons. The molecule has 0 saturated heterocycles. The van der Waals surface area contributed by atoms with E-state index in [0.29, 0.717) is 11.5 Å². The Morgan fingerprint density at radius 1 is 0.667 bits per heavy atom. The number of carboxylic acid groups (broad SMARTS) is 2. The first kappa shape index (κ1) is 39.4. The summed E-state index contributed by atoms with van der Waals surface area (Å²) in [5, 5.41) is 39.4. The summed E-state index contributed by atoms with van der Waals surface area (Å²) in [6.45, 7) is 6.06. The maximum Gasteiger partial charge on any atom is 2.00 e. The molecule has 0 amide bonds. The van der Waals surface area contributed by atoms with E-state index in [1.165, 1.54) is 0 Å². The number of aryl methyl sites for hydroxylation is 2. The van der Waals surface area contributed by atoms with Crippen LogP contribution in [0.3, 0.4) is 0 Å². The molecule has 2 atom stereocenters. The Labute approximate surface area is 293 Å². The average molecular weight is 694 g/mol. The second kappa shape index (κ2) is 19.8. The number of carboxylic acids is 2. The third kappa shape index (κ3) is 12.1. The molecule has 4 aromatic rings. The Morgan fingerprint density at radius 2 is 1.00 bits per heavy atom. The molecule has 4 aromatic carbocycles. The van der Waals surface area contributed by atoms with Crippen molar-refractivity contribution in [2.24, 2.45) is 9.98 Å². The predicted molar refractivity (Wildman–Crippen MR) is 184 cm³/mol. The molecule has 0 spiro atoms. The van der Waals surface area contributed by atoms with Crippen molar-refractivity contribution in [1.29, 1.82) is 0 Å². The van der Waals surface area contributed by atoms with Crippen molar-refractivity contribution >= 4 is 24.4 Å². The first-order valence-corrected chi connectivity index (χ1v) is 15.8. The zero-order valence-electron chi connectivity index (χ0n) is 27.7. The standard InChI is InChI=1S/C35H36N2O2.2C2H4O2.Co/c1-3-24-17-28(26-11-7-5-8-12-26)19-30(34(24)38)22-36-32-15-16-33(21-32)37-23-31-20-29(18-25(4-2)35(31)39)27-13-9-6-10-14-27;2*1-2(3)4;/h5-14,17-20,22-23,32-33,38-39H,3-4,15-16,21H2,1-2H3;2*1H3,(H,3,4);/q;;;+2/p-2. The fourth-order valence-corrected chi connectivity index (χ4v) is 5.35. The molecule has 0 bridgehead atoms. The number of phenolic OH excluding ortho intramolecular Hbond substituents is 2. The van der Waals surface area contributed by atoms with Gasteiger partial charge in [0, 0.05) is 35.5 Å². The number of nitrogens with zero attached hydrogens (tertiary/aromatic N) is 2. The summed E-state index contributed by atoms with van der Waals surface area (Å²) in [7, 11) is 0. The van der Waals surface area contributed by atoms with E-state index >= 15 is 0 Å². The molecular weight excluding hydrogens is 651 g/mol. The molecule has 1 fully saturated rings. The van der Waals surface area contributed by atoms with E-state index in [4.69, 9.17) is 29.8 Å². The second-order valence-corrected chi connectivity index (χ2v) is 11.2. The van der Waals surface area contributed by atoms with Gasteiger partial charge in [-0.15, -0.1) is 0 Å². The third-order valence-corrected chi connectivity index (χ3v) is 7.64. The molecule has 1 aliphatic carbocycles. The Kier molecular flexibility index (Phi) is 16.3. The molecule has 0 heterocycles. The molecule has 2 unspecified atom stereocenters. The van der Waals surface area contributed by atoms with Crippen molar-refractivity contribution in [2.45, 2.75) is 71.9 Å². The van der Waals surface area contributed by atoms with Gasteiger partial charge in [-0.25, -0.2) is 0 Å². The number of hydrogen-bond donors (Lipinski definition) is 2. The zero-order valence-corrected chi connectivity index (χ0v) is 28.7. The first-order valence-electron chi connectivity index (χ1n) is 15.8. The van der Waals surface area contributed by atoms with Gasteiger partial charge in [0.05, 0.1) is 12.1 Å². The number of hydrogen-bond acceptors (Lipinski definition) is 8. The van der Waals surface area contributed by atoms with Crippen LogP contribution in [0.25, 0.3) is 22.3 Å². The smallest absolute Gasteiger partial charge is 0.550 e. The SMILES string of the molecule is CC(=O)[O-].CC(=O)[O-].CCc1cc(-c2ccccc2)cc(C=NC2CCC(N=Cc3cc(-c4ccccc4)cc(CC)c3O)C2)c1O.[Co+2]. The van der Waals surface area contributed by atoms with Crippen molar-refractivity contribution in [3.8, 4) is 33.8 Å². The van der Waals surface area contributed by atoms with Crippen LogP contribution < -0.4 is 10.2 Å². The van der Waals surface area contributed by atoms with Crippen LogP contribution in [0.1, 0.15) is 69.2 Å². The molecule has 9 heteroatoms. The summed E-state index contributed by atoms with van der Waals surface area (Å²) in [5.41, 5.74) is 7.80. The largest absolute Gasteiger partial charge is 2.00 e. The van der Waals surface area contributed by atoms with Gasteiger partial charge in [-0.2, -0.15) is 0 Å². The zero-order chi connectivity index (χ0) is 34.3. The Balaban J connectivity index is 0.000000803. The summed E-state index contributed by atoms with van der Waals surface area (Å²) in [5.74, 6) is -1.54. The summed E-state index contributed by atoms with van der Waals surface area (Å²) >= 11 is 0. The van der Waals surface area contributed by atoms with E-state index in [-0.39, 0.29) is 28.9 Å². The molecule has 1 radical (unpaired) electrons. The Morgan fingerprint density at radius 3 is 1.31 bits per heavy atom. The van der Waals surface area contributed by atoms with Crippen molar-refractivity contribution in [3.05, 3.63) is 107 Å². The topological polar surface area (TPSA) is 145 Å². The number of carbonyl (C=O) groups excluding carboxylic acids is 2. The van der Waals surface area contributed by atoms with Gasteiger partial charge in [0.2, 0.25) is 0 Å². The van der Waals surface area contributed by atoms with Gasteiger partial charge >= 0.3 is 16.8 Å². The molecule has 0 aliphatic heterocycles. The van der Waals surface area contributed by atoms with Gasteiger partial charge in [-0.1, -0.05) is 74.5 Å². The average Bonchev–Trinajstić information content (AvgIpc) is 3.52. The maximum absolute atomic E-state index is 10.8. The van der Waals surface area contributed by atoms with Gasteiger partial charge in [-0.3, -0.25) is 9.98 Å². The number of carbonyl (C=O) groups is 2. The van der Waals surface area contributed by atoms with Gasteiger partial charge in [0.1, 0.15) is 11.5 Å². The second-order valence-electron chi connectivity index (χ2n) is 11.2. The van der Waals surface area contributed by atoms with Gasteiger partial charge < -0.3 is 30.0 Å². The third-order valence-electron chi connectivity index (χ3n) is 7.64. The molecule has 48 heavy (non-hydrogen) atoms. The van der Waals surface area contributed by atoms with E-state index in [1.807, 2.05) is 61.0 Å². The molecule has 0 aromatic heterocycles. The van der Waals surface area contributed by atoms with Crippen LogP contribution in [0.2, 0.25) is 0 Å². The summed E-state index contributed by atoms with van der Waals surface area (Å²) < 4.78 is 0. The van der Waals surface area contributed by atoms with E-state index in [0.717, 1.165) is 90.5 Å². The van der Waals surface area contributed by atoms with E-state index in [2.05, 4.69) is 50.2 Å². The van der Waals surface area contributed by atoms with Crippen molar-refractivity contribution < 1.29 is 46.8 Å². The number of aromatic hydroxyl groups is 2. The van der Waals surface area contributed by atoms with E-state index in [1.54, 1.807) is 0 Å². The van der Waals surface area contributed by atoms with Crippen molar-refractivity contribution in [2.75, 3.05) is 0 Å². The van der Waals surface area contributed by atoms with Crippen molar-refractivity contribution in [3.63, 3.8) is 0 Å². The normalized spacial score (nSPS) is 15.2. The molecule has 1 aliphatic rings.